The number of halogens is 1. The summed E-state index contributed by atoms with van der Waals surface area (Å²) < 4.78 is 18.8. The molecule has 0 radical (unpaired) electrons. The van der Waals surface area contributed by atoms with Gasteiger partial charge in [0.1, 0.15) is 12.1 Å². The van der Waals surface area contributed by atoms with Crippen LogP contribution in [-0.2, 0) is 20.2 Å². The molecule has 0 aliphatic heterocycles. The van der Waals surface area contributed by atoms with Crippen LogP contribution in [0.3, 0.4) is 0 Å². The zero-order valence-corrected chi connectivity index (χ0v) is 20.9. The number of primary amides is 1. The SMILES string of the molecule is CCOC(=O)C(C(C)(C)CBr)C(OC(N)=O)(Oc1ccc(-c2ccccc2)cc1)n1ccnc1. The summed E-state index contributed by atoms with van der Waals surface area (Å²) in [5, 5.41) is 0.373. The standard InChI is InChI=1S/C25H28BrN3O5/c1-4-32-22(30)21(24(2,3)16-26)25(34-23(27)31,29-15-14-28-17-29)33-20-12-10-19(11-13-20)18-8-6-5-7-9-18/h5-15,17,21H,4,16H2,1-3H3,(H2,27,31). The molecule has 9 heteroatoms. The van der Waals surface area contributed by atoms with Crippen molar-refractivity contribution in [2.24, 2.45) is 17.1 Å². The number of nitrogens with zero attached hydrogens (tertiary/aromatic N) is 2. The molecule has 2 atom stereocenters. The lowest BCUT2D eigenvalue weighted by atomic mass is 9.77. The van der Waals surface area contributed by atoms with Crippen LogP contribution in [0.25, 0.3) is 11.1 Å². The normalized spacial score (nSPS) is 14.0. The first-order valence-corrected chi connectivity index (χ1v) is 11.9. The third kappa shape index (κ3) is 5.41. The average molecular weight is 530 g/mol. The van der Waals surface area contributed by atoms with Gasteiger partial charge in [-0.05, 0) is 35.6 Å². The Morgan fingerprint density at radius 1 is 1.09 bits per heavy atom. The number of hydrogen-bond acceptors (Lipinski definition) is 6. The molecule has 3 aromatic rings. The van der Waals surface area contributed by atoms with Crippen molar-refractivity contribution in [3.63, 3.8) is 0 Å². The number of carbonyl (C=O) groups is 2. The molecule has 1 amide bonds. The lowest BCUT2D eigenvalue weighted by Gasteiger charge is -2.44. The van der Waals surface area contributed by atoms with Crippen LogP contribution in [0.4, 0.5) is 4.79 Å². The molecular weight excluding hydrogens is 502 g/mol. The van der Waals surface area contributed by atoms with E-state index in [-0.39, 0.29) is 6.61 Å². The number of imidazole rings is 1. The largest absolute Gasteiger partial charge is 0.465 e. The highest BCUT2D eigenvalue weighted by atomic mass is 79.9. The predicted octanol–water partition coefficient (Wildman–Crippen LogP) is 4.94. The van der Waals surface area contributed by atoms with Crippen LogP contribution in [0.1, 0.15) is 20.8 Å². The minimum atomic E-state index is -2.00. The van der Waals surface area contributed by atoms with Crippen molar-refractivity contribution in [1.82, 2.24) is 9.55 Å². The topological polar surface area (TPSA) is 106 Å². The minimum Gasteiger partial charge on any atom is -0.465 e. The zero-order chi connectivity index (χ0) is 24.8. The first kappa shape index (κ1) is 25.3. The van der Waals surface area contributed by atoms with E-state index in [9.17, 15) is 9.59 Å². The molecule has 2 aromatic carbocycles. The fourth-order valence-corrected chi connectivity index (χ4v) is 4.08. The van der Waals surface area contributed by atoms with E-state index >= 15 is 0 Å². The van der Waals surface area contributed by atoms with Crippen LogP contribution in [0.2, 0.25) is 0 Å². The maximum absolute atomic E-state index is 13.3. The monoisotopic (exact) mass is 529 g/mol. The van der Waals surface area contributed by atoms with Crippen molar-refractivity contribution in [2.75, 3.05) is 11.9 Å². The Kier molecular flexibility index (Phi) is 7.98. The minimum absolute atomic E-state index is 0.135. The molecule has 0 spiro atoms. The predicted molar refractivity (Wildman–Crippen MR) is 131 cm³/mol. The molecule has 2 unspecified atom stereocenters. The third-order valence-electron chi connectivity index (χ3n) is 5.35. The molecule has 0 aliphatic rings. The summed E-state index contributed by atoms with van der Waals surface area (Å²) in [7, 11) is 0. The average Bonchev–Trinajstić information content (AvgIpc) is 3.35. The van der Waals surface area contributed by atoms with Gasteiger partial charge in [-0.15, -0.1) is 0 Å². The molecule has 0 fully saturated rings. The summed E-state index contributed by atoms with van der Waals surface area (Å²) >= 11 is 3.47. The van der Waals surface area contributed by atoms with E-state index in [1.807, 2.05) is 56.3 Å². The number of carbonyl (C=O) groups excluding carboxylic acids is 2. The van der Waals surface area contributed by atoms with Crippen molar-refractivity contribution in [1.29, 1.82) is 0 Å². The lowest BCUT2D eigenvalue weighted by molar-refractivity contribution is -0.261. The zero-order valence-electron chi connectivity index (χ0n) is 19.3. The summed E-state index contributed by atoms with van der Waals surface area (Å²) in [6, 6.07) is 17.1. The van der Waals surface area contributed by atoms with Crippen LogP contribution in [-0.4, -0.2) is 33.6 Å². The van der Waals surface area contributed by atoms with Crippen LogP contribution in [0.5, 0.6) is 5.75 Å². The van der Waals surface area contributed by atoms with Crippen molar-refractivity contribution >= 4 is 28.0 Å². The molecule has 0 aliphatic carbocycles. The summed E-state index contributed by atoms with van der Waals surface area (Å²) in [6.07, 6.45) is 3.31. The highest BCUT2D eigenvalue weighted by molar-refractivity contribution is 9.09. The van der Waals surface area contributed by atoms with E-state index in [4.69, 9.17) is 19.9 Å². The summed E-state index contributed by atoms with van der Waals surface area (Å²) in [5.74, 6) is -3.37. The summed E-state index contributed by atoms with van der Waals surface area (Å²) in [6.45, 7) is 5.51. The Labute approximate surface area is 207 Å². The molecule has 1 aromatic heterocycles. The van der Waals surface area contributed by atoms with Gasteiger partial charge in [-0.3, -0.25) is 9.36 Å². The Morgan fingerprint density at radius 3 is 2.26 bits per heavy atom. The van der Waals surface area contributed by atoms with Crippen molar-refractivity contribution < 1.29 is 23.8 Å². The van der Waals surface area contributed by atoms with Gasteiger partial charge in [0, 0.05) is 17.7 Å². The lowest BCUT2D eigenvalue weighted by Crippen LogP contribution is -2.58. The molecule has 1 heterocycles. The van der Waals surface area contributed by atoms with E-state index in [0.29, 0.717) is 11.1 Å². The number of ether oxygens (including phenoxy) is 3. The maximum Gasteiger partial charge on any atom is 0.409 e. The third-order valence-corrected chi connectivity index (χ3v) is 6.79. The van der Waals surface area contributed by atoms with E-state index in [0.717, 1.165) is 11.1 Å². The second kappa shape index (κ2) is 10.7. The fourth-order valence-electron chi connectivity index (χ4n) is 3.76. The second-order valence-corrected chi connectivity index (χ2v) is 8.88. The van der Waals surface area contributed by atoms with E-state index in [1.54, 1.807) is 19.1 Å². The molecule has 34 heavy (non-hydrogen) atoms. The molecular formula is C25H28BrN3O5. The highest BCUT2D eigenvalue weighted by Crippen LogP contribution is 2.44. The van der Waals surface area contributed by atoms with Gasteiger partial charge in [-0.1, -0.05) is 72.2 Å². The summed E-state index contributed by atoms with van der Waals surface area (Å²) in [5.41, 5.74) is 6.71. The number of alkyl halides is 1. The number of nitrogens with two attached hydrogens (primary N) is 1. The second-order valence-electron chi connectivity index (χ2n) is 8.32. The van der Waals surface area contributed by atoms with Crippen LogP contribution >= 0.6 is 15.9 Å². The Bertz CT molecular complexity index is 1090. The molecule has 2 N–H and O–H groups in total. The van der Waals surface area contributed by atoms with Gasteiger partial charge in [0.2, 0.25) is 0 Å². The number of esters is 1. The van der Waals surface area contributed by atoms with Gasteiger partial charge in [0.25, 0.3) is 0 Å². The number of amides is 1. The Hall–Kier alpha value is -3.33. The van der Waals surface area contributed by atoms with Crippen LogP contribution in [0, 0.1) is 11.3 Å². The molecule has 180 valence electrons. The van der Waals surface area contributed by atoms with E-state index in [1.165, 1.54) is 23.3 Å². The highest BCUT2D eigenvalue weighted by Gasteiger charge is 2.58. The number of rotatable bonds is 10. The van der Waals surface area contributed by atoms with Gasteiger partial charge in [-0.25, -0.2) is 9.78 Å². The van der Waals surface area contributed by atoms with Crippen molar-refractivity contribution in [2.45, 2.75) is 26.7 Å². The van der Waals surface area contributed by atoms with Crippen molar-refractivity contribution in [3.8, 4) is 16.9 Å². The molecule has 0 saturated carbocycles. The van der Waals surface area contributed by atoms with Crippen molar-refractivity contribution in [3.05, 3.63) is 73.3 Å². The Balaban J connectivity index is 2.14. The number of benzene rings is 2. The van der Waals surface area contributed by atoms with Crippen LogP contribution < -0.4 is 10.5 Å². The molecule has 0 saturated heterocycles. The van der Waals surface area contributed by atoms with Gasteiger partial charge < -0.3 is 19.9 Å². The molecule has 3 rings (SSSR count). The number of aromatic nitrogens is 2. The van der Waals surface area contributed by atoms with Gasteiger partial charge in [-0.2, -0.15) is 0 Å². The quantitative estimate of drug-likeness (QED) is 0.226. The maximum atomic E-state index is 13.3. The first-order valence-electron chi connectivity index (χ1n) is 10.8. The van der Waals surface area contributed by atoms with Gasteiger partial charge >= 0.3 is 18.0 Å². The smallest absolute Gasteiger partial charge is 0.409 e. The van der Waals surface area contributed by atoms with E-state index < -0.39 is 29.3 Å². The van der Waals surface area contributed by atoms with Gasteiger partial charge in [0.15, 0.2) is 5.92 Å². The molecule has 8 nitrogen and oxygen atoms in total. The number of hydrogen-bond donors (Lipinski definition) is 1. The molecule has 0 bridgehead atoms. The first-order chi connectivity index (χ1) is 16.2. The van der Waals surface area contributed by atoms with E-state index in [2.05, 4.69) is 20.9 Å². The van der Waals surface area contributed by atoms with Gasteiger partial charge in [0.05, 0.1) is 6.61 Å². The van der Waals surface area contributed by atoms with Crippen LogP contribution in [0.15, 0.2) is 73.3 Å². The Morgan fingerprint density at radius 2 is 1.74 bits per heavy atom. The summed E-state index contributed by atoms with van der Waals surface area (Å²) in [4.78, 5) is 29.5. The fraction of sp³-hybridized carbons (Fsp3) is 0.320.